The number of nitro benzene ring substituents is 1. The fourth-order valence-corrected chi connectivity index (χ4v) is 2.32. The number of hydrogen-bond acceptors (Lipinski definition) is 4. The lowest BCUT2D eigenvalue weighted by Gasteiger charge is -2.14. The molecule has 0 bridgehead atoms. The molecule has 5 nitrogen and oxygen atoms in total. The van der Waals surface area contributed by atoms with E-state index in [1.165, 1.54) is 6.07 Å². The number of rotatable bonds is 5. The Morgan fingerprint density at radius 3 is 2.71 bits per heavy atom. The van der Waals surface area contributed by atoms with Gasteiger partial charge in [0.25, 0.3) is 5.69 Å². The van der Waals surface area contributed by atoms with Crippen molar-refractivity contribution in [2.24, 2.45) is 0 Å². The highest BCUT2D eigenvalue weighted by Crippen LogP contribution is 2.30. The third-order valence-electron chi connectivity index (χ3n) is 2.99. The average molecular weight is 352 g/mol. The number of benzene rings is 2. The van der Waals surface area contributed by atoms with Gasteiger partial charge in [-0.05, 0) is 31.2 Å². The van der Waals surface area contributed by atoms with Crippen molar-refractivity contribution >= 4 is 21.6 Å². The van der Waals surface area contributed by atoms with Crippen LogP contribution in [0.15, 0.2) is 46.9 Å². The van der Waals surface area contributed by atoms with Crippen LogP contribution in [0.4, 0.5) is 5.69 Å². The summed E-state index contributed by atoms with van der Waals surface area (Å²) in [4.78, 5) is 10.5. The molecule has 6 heteroatoms. The minimum Gasteiger partial charge on any atom is -0.488 e. The summed E-state index contributed by atoms with van der Waals surface area (Å²) in [5.41, 5.74) is 1.14. The van der Waals surface area contributed by atoms with Crippen molar-refractivity contribution in [1.29, 1.82) is 0 Å². The van der Waals surface area contributed by atoms with E-state index in [1.54, 1.807) is 43.3 Å². The van der Waals surface area contributed by atoms with Crippen molar-refractivity contribution in [2.45, 2.75) is 19.6 Å². The van der Waals surface area contributed by atoms with Crippen LogP contribution >= 0.6 is 15.9 Å². The number of hydrogen-bond donors (Lipinski definition) is 1. The molecule has 2 aromatic rings. The lowest BCUT2D eigenvalue weighted by Crippen LogP contribution is -2.03. The molecule has 0 aliphatic heterocycles. The Morgan fingerprint density at radius 2 is 2.05 bits per heavy atom. The van der Waals surface area contributed by atoms with E-state index in [1.807, 2.05) is 0 Å². The third kappa shape index (κ3) is 3.80. The maximum absolute atomic E-state index is 11.0. The molecule has 0 amide bonds. The van der Waals surface area contributed by atoms with E-state index in [4.69, 9.17) is 4.74 Å². The summed E-state index contributed by atoms with van der Waals surface area (Å²) < 4.78 is 6.48. The SMILES string of the molecule is C[C@@H](O)c1cc(Br)ccc1OCc1ccccc1[N+](=O)[O-]. The topological polar surface area (TPSA) is 72.6 Å². The van der Waals surface area contributed by atoms with Crippen LogP contribution in [0.3, 0.4) is 0 Å². The van der Waals surface area contributed by atoms with Gasteiger partial charge in [0.05, 0.1) is 16.6 Å². The predicted molar refractivity (Wildman–Crippen MR) is 82.2 cm³/mol. The number of aliphatic hydroxyl groups excluding tert-OH is 1. The van der Waals surface area contributed by atoms with Crippen molar-refractivity contribution in [3.05, 3.63) is 68.2 Å². The van der Waals surface area contributed by atoms with Gasteiger partial charge in [-0.25, -0.2) is 0 Å². The number of aliphatic hydroxyl groups is 1. The molecule has 0 heterocycles. The van der Waals surface area contributed by atoms with Crippen LogP contribution in [0.25, 0.3) is 0 Å². The van der Waals surface area contributed by atoms with E-state index >= 15 is 0 Å². The van der Waals surface area contributed by atoms with Crippen molar-refractivity contribution < 1.29 is 14.8 Å². The second kappa shape index (κ2) is 6.69. The quantitative estimate of drug-likeness (QED) is 0.652. The largest absolute Gasteiger partial charge is 0.488 e. The Labute approximate surface area is 130 Å². The number of halogens is 1. The molecule has 0 saturated heterocycles. The molecule has 0 fully saturated rings. The Bertz CT molecular complexity index is 658. The molecule has 110 valence electrons. The van der Waals surface area contributed by atoms with Crippen LogP contribution in [0.1, 0.15) is 24.2 Å². The minimum absolute atomic E-state index is 0.0215. The first-order chi connectivity index (χ1) is 9.99. The first-order valence-corrected chi connectivity index (χ1v) is 7.11. The predicted octanol–water partition coefficient (Wildman–Crippen LogP) is 3.99. The minimum atomic E-state index is -0.691. The van der Waals surface area contributed by atoms with Crippen molar-refractivity contribution in [3.8, 4) is 5.75 Å². The molecule has 0 unspecified atom stereocenters. The van der Waals surface area contributed by atoms with Gasteiger partial charge in [0.15, 0.2) is 0 Å². The normalized spacial score (nSPS) is 12.0. The number of nitrogens with zero attached hydrogens (tertiary/aromatic N) is 1. The molecular formula is C15H14BrNO4. The van der Waals surface area contributed by atoms with E-state index in [9.17, 15) is 15.2 Å². The Morgan fingerprint density at radius 1 is 1.33 bits per heavy atom. The van der Waals surface area contributed by atoms with Crippen LogP contribution in [-0.2, 0) is 6.61 Å². The van der Waals surface area contributed by atoms with Crippen molar-refractivity contribution in [2.75, 3.05) is 0 Å². The second-order valence-electron chi connectivity index (χ2n) is 4.53. The first-order valence-electron chi connectivity index (χ1n) is 6.31. The molecule has 1 atom stereocenters. The van der Waals surface area contributed by atoms with Crippen LogP contribution in [0.2, 0.25) is 0 Å². The van der Waals surface area contributed by atoms with E-state index in [2.05, 4.69) is 15.9 Å². The zero-order valence-corrected chi connectivity index (χ0v) is 12.9. The fourth-order valence-electron chi connectivity index (χ4n) is 1.94. The molecule has 1 N–H and O–H groups in total. The van der Waals surface area contributed by atoms with E-state index < -0.39 is 11.0 Å². The summed E-state index contributed by atoms with van der Waals surface area (Å²) >= 11 is 3.34. The summed E-state index contributed by atoms with van der Waals surface area (Å²) in [6, 6.07) is 11.7. The molecule has 2 aromatic carbocycles. The highest BCUT2D eigenvalue weighted by atomic mass is 79.9. The molecular weight excluding hydrogens is 338 g/mol. The van der Waals surface area contributed by atoms with Gasteiger partial charge in [-0.2, -0.15) is 0 Å². The highest BCUT2D eigenvalue weighted by Gasteiger charge is 2.15. The lowest BCUT2D eigenvalue weighted by atomic mass is 10.1. The first kappa shape index (κ1) is 15.5. The molecule has 0 spiro atoms. The highest BCUT2D eigenvalue weighted by molar-refractivity contribution is 9.10. The maximum atomic E-state index is 11.0. The average Bonchev–Trinajstić information content (AvgIpc) is 2.46. The van der Waals surface area contributed by atoms with Gasteiger partial charge in [-0.3, -0.25) is 10.1 Å². The molecule has 0 aliphatic rings. The monoisotopic (exact) mass is 351 g/mol. The second-order valence-corrected chi connectivity index (χ2v) is 5.45. The van der Waals surface area contributed by atoms with Crippen LogP contribution in [0, 0.1) is 10.1 Å². The van der Waals surface area contributed by atoms with Gasteiger partial charge in [0.1, 0.15) is 12.4 Å². The molecule has 0 aliphatic carbocycles. The standard InChI is InChI=1S/C15H14BrNO4/c1-10(18)13-8-12(16)6-7-15(13)21-9-11-4-2-3-5-14(11)17(19)20/h2-8,10,18H,9H2,1H3/t10-/m1/s1. The Balaban J connectivity index is 2.23. The zero-order chi connectivity index (χ0) is 15.4. The van der Waals surface area contributed by atoms with Crippen LogP contribution in [0.5, 0.6) is 5.75 Å². The molecule has 0 aromatic heterocycles. The van der Waals surface area contributed by atoms with Gasteiger partial charge >= 0.3 is 0 Å². The van der Waals surface area contributed by atoms with Crippen LogP contribution in [-0.4, -0.2) is 10.0 Å². The van der Waals surface area contributed by atoms with Crippen LogP contribution < -0.4 is 4.74 Å². The summed E-state index contributed by atoms with van der Waals surface area (Å²) in [5, 5.41) is 20.7. The van der Waals surface area contributed by atoms with Gasteiger partial charge < -0.3 is 9.84 Å². The maximum Gasteiger partial charge on any atom is 0.276 e. The Hall–Kier alpha value is -1.92. The molecule has 21 heavy (non-hydrogen) atoms. The summed E-state index contributed by atoms with van der Waals surface area (Å²) in [6.45, 7) is 1.71. The van der Waals surface area contributed by atoms with Crippen molar-refractivity contribution in [1.82, 2.24) is 0 Å². The van der Waals surface area contributed by atoms with Gasteiger partial charge in [-0.1, -0.05) is 28.1 Å². The number of para-hydroxylation sites is 1. The summed E-state index contributed by atoms with van der Waals surface area (Å²) in [6.07, 6.45) is -0.691. The zero-order valence-electron chi connectivity index (χ0n) is 11.3. The molecule has 2 rings (SSSR count). The summed E-state index contributed by atoms with van der Waals surface area (Å²) in [7, 11) is 0. The lowest BCUT2D eigenvalue weighted by molar-refractivity contribution is -0.385. The van der Waals surface area contributed by atoms with E-state index in [0.29, 0.717) is 16.9 Å². The van der Waals surface area contributed by atoms with Gasteiger partial charge in [-0.15, -0.1) is 0 Å². The number of nitro groups is 1. The van der Waals surface area contributed by atoms with E-state index in [0.717, 1.165) is 4.47 Å². The van der Waals surface area contributed by atoms with Gasteiger partial charge in [0, 0.05) is 16.1 Å². The molecule has 0 saturated carbocycles. The summed E-state index contributed by atoms with van der Waals surface area (Å²) in [5.74, 6) is 0.506. The fraction of sp³-hybridized carbons (Fsp3) is 0.200. The van der Waals surface area contributed by atoms with Gasteiger partial charge in [0.2, 0.25) is 0 Å². The smallest absolute Gasteiger partial charge is 0.276 e. The van der Waals surface area contributed by atoms with E-state index in [-0.39, 0.29) is 12.3 Å². The van der Waals surface area contributed by atoms with Crippen molar-refractivity contribution in [3.63, 3.8) is 0 Å². The Kier molecular flexibility index (Phi) is 4.93. The number of ether oxygens (including phenoxy) is 1. The molecule has 0 radical (unpaired) electrons. The third-order valence-corrected chi connectivity index (χ3v) is 3.49.